The van der Waals surface area contributed by atoms with Crippen LogP contribution in [-0.4, -0.2) is 43.7 Å². The molecule has 5 nitrogen and oxygen atoms in total. The summed E-state index contributed by atoms with van der Waals surface area (Å²) in [7, 11) is -3.67. The van der Waals surface area contributed by atoms with Crippen LogP contribution in [0.2, 0.25) is 0 Å². The van der Waals surface area contributed by atoms with Crippen LogP contribution in [0.25, 0.3) is 0 Å². The molecule has 1 unspecified atom stereocenters. The molecule has 2 N–H and O–H groups in total. The lowest BCUT2D eigenvalue weighted by Gasteiger charge is -1.70. The third-order valence-corrected chi connectivity index (χ3v) is 0.606. The Labute approximate surface area is 59.4 Å². The van der Waals surface area contributed by atoms with Gasteiger partial charge in [-0.05, 0) is 0 Å². The van der Waals surface area contributed by atoms with Crippen LogP contribution in [0.15, 0.2) is 0 Å². The maximum Gasteiger partial charge on any atom is 0.261 e. The van der Waals surface area contributed by atoms with E-state index in [9.17, 15) is 8.42 Å². The van der Waals surface area contributed by atoms with Gasteiger partial charge in [0.1, 0.15) is 6.10 Å². The molecule has 6 heteroatoms. The Bertz CT molecular complexity index is 160. The molecule has 0 radical (unpaired) electrons. The van der Waals surface area contributed by atoms with Crippen molar-refractivity contribution < 1.29 is 22.8 Å². The average Bonchev–Trinajstić information content (AvgIpc) is 2.39. The molecule has 0 aromatic rings. The van der Waals surface area contributed by atoms with Crippen molar-refractivity contribution in [3.8, 4) is 0 Å². The molecule has 0 saturated carbocycles. The lowest BCUT2D eigenvalue weighted by Crippen LogP contribution is -1.88. The first-order chi connectivity index (χ1) is 4.43. The average molecular weight is 170 g/mol. The summed E-state index contributed by atoms with van der Waals surface area (Å²) in [5, 5.41) is 8.08. The van der Waals surface area contributed by atoms with Crippen molar-refractivity contribution in [1.82, 2.24) is 0 Å². The Hall–Kier alpha value is -0.170. The van der Waals surface area contributed by atoms with E-state index in [0.29, 0.717) is 6.26 Å². The molecule has 0 aromatic heterocycles. The van der Waals surface area contributed by atoms with E-state index in [-0.39, 0.29) is 12.7 Å². The van der Waals surface area contributed by atoms with Gasteiger partial charge in [0.05, 0.1) is 19.5 Å². The van der Waals surface area contributed by atoms with Crippen LogP contribution in [0.4, 0.5) is 0 Å². The van der Waals surface area contributed by atoms with Crippen LogP contribution in [0.3, 0.4) is 0 Å². The predicted molar refractivity (Wildman–Crippen MR) is 34.3 cm³/mol. The molecule has 1 rings (SSSR count). The van der Waals surface area contributed by atoms with Crippen LogP contribution >= 0.6 is 0 Å². The third kappa shape index (κ3) is 15.7. The van der Waals surface area contributed by atoms with Gasteiger partial charge >= 0.3 is 0 Å². The summed E-state index contributed by atoms with van der Waals surface area (Å²) in [5.74, 6) is 0. The monoisotopic (exact) mass is 170 g/mol. The standard InChI is InChI=1S/C3H6O2.CH4O3S/c4-1-3-2-5-3;1-5(2,3)4/h3-4H,1-2H2;1H3,(H,2,3,4). The van der Waals surface area contributed by atoms with Gasteiger partial charge in [-0.1, -0.05) is 0 Å². The molecule has 0 spiro atoms. The van der Waals surface area contributed by atoms with Crippen molar-refractivity contribution in [2.45, 2.75) is 6.10 Å². The van der Waals surface area contributed by atoms with Crippen LogP contribution in [0.5, 0.6) is 0 Å². The number of aliphatic hydroxyl groups is 1. The van der Waals surface area contributed by atoms with E-state index >= 15 is 0 Å². The van der Waals surface area contributed by atoms with Crippen LogP contribution in [-0.2, 0) is 14.9 Å². The molecule has 1 fully saturated rings. The highest BCUT2D eigenvalue weighted by Crippen LogP contribution is 2.04. The zero-order chi connectivity index (χ0) is 8.20. The molecule has 1 aliphatic rings. The van der Waals surface area contributed by atoms with E-state index in [2.05, 4.69) is 4.74 Å². The second-order valence-electron chi connectivity index (χ2n) is 1.87. The van der Waals surface area contributed by atoms with Crippen molar-refractivity contribution in [2.75, 3.05) is 19.5 Å². The molecule has 10 heavy (non-hydrogen) atoms. The van der Waals surface area contributed by atoms with Gasteiger partial charge < -0.3 is 9.84 Å². The van der Waals surface area contributed by atoms with Crippen molar-refractivity contribution >= 4 is 10.1 Å². The predicted octanol–water partition coefficient (Wildman–Crippen LogP) is -1.12. The Kier molecular flexibility index (Phi) is 3.80. The normalized spacial score (nSPS) is 22.9. The van der Waals surface area contributed by atoms with Crippen molar-refractivity contribution in [2.24, 2.45) is 0 Å². The summed E-state index contributed by atoms with van der Waals surface area (Å²) in [5.41, 5.74) is 0. The summed E-state index contributed by atoms with van der Waals surface area (Å²) < 4.78 is 30.5. The Balaban J connectivity index is 0.000000162. The van der Waals surface area contributed by atoms with Gasteiger partial charge in [-0.25, -0.2) is 0 Å². The summed E-state index contributed by atoms with van der Waals surface area (Å²) in [6.45, 7) is 0.955. The topological polar surface area (TPSA) is 87.1 Å². The first-order valence-electron chi connectivity index (χ1n) is 2.58. The van der Waals surface area contributed by atoms with Gasteiger partial charge in [-0.2, -0.15) is 8.42 Å². The summed E-state index contributed by atoms with van der Waals surface area (Å²) >= 11 is 0. The Morgan fingerprint density at radius 1 is 1.70 bits per heavy atom. The number of aliphatic hydroxyl groups excluding tert-OH is 1. The maximum atomic E-state index is 9.19. The van der Waals surface area contributed by atoms with E-state index in [4.69, 9.17) is 9.66 Å². The molecule has 1 aliphatic heterocycles. The lowest BCUT2D eigenvalue weighted by atomic mass is 10.5. The van der Waals surface area contributed by atoms with E-state index in [1.54, 1.807) is 0 Å². The van der Waals surface area contributed by atoms with E-state index in [0.717, 1.165) is 6.61 Å². The minimum absolute atomic E-state index is 0.190. The molecular weight excluding hydrogens is 160 g/mol. The molecule has 0 aromatic carbocycles. The SMILES string of the molecule is CS(=O)(=O)O.OCC1CO1. The highest BCUT2D eigenvalue weighted by Gasteiger charge is 2.19. The fourth-order valence-corrected chi connectivity index (χ4v) is 0.173. The lowest BCUT2D eigenvalue weighted by molar-refractivity contribution is 0.244. The van der Waals surface area contributed by atoms with Crippen LogP contribution < -0.4 is 0 Å². The number of ether oxygens (including phenoxy) is 1. The zero-order valence-corrected chi connectivity index (χ0v) is 6.34. The molecule has 62 valence electrons. The molecule has 1 saturated heterocycles. The fourth-order valence-electron chi connectivity index (χ4n) is 0.173. The molecule has 0 amide bonds. The molecule has 0 bridgehead atoms. The highest BCUT2D eigenvalue weighted by molar-refractivity contribution is 7.85. The second-order valence-corrected chi connectivity index (χ2v) is 3.34. The van der Waals surface area contributed by atoms with E-state index < -0.39 is 10.1 Å². The summed E-state index contributed by atoms with van der Waals surface area (Å²) in [4.78, 5) is 0. The van der Waals surface area contributed by atoms with Crippen molar-refractivity contribution in [3.63, 3.8) is 0 Å². The van der Waals surface area contributed by atoms with Gasteiger partial charge in [0.15, 0.2) is 0 Å². The quantitative estimate of drug-likeness (QED) is 0.384. The van der Waals surface area contributed by atoms with Gasteiger partial charge in [0, 0.05) is 0 Å². The van der Waals surface area contributed by atoms with E-state index in [1.165, 1.54) is 0 Å². The highest BCUT2D eigenvalue weighted by atomic mass is 32.2. The maximum absolute atomic E-state index is 9.19. The van der Waals surface area contributed by atoms with E-state index in [1.807, 2.05) is 0 Å². The van der Waals surface area contributed by atoms with Crippen LogP contribution in [0.1, 0.15) is 0 Å². The minimum Gasteiger partial charge on any atom is -0.394 e. The van der Waals surface area contributed by atoms with Gasteiger partial charge in [0.2, 0.25) is 0 Å². The largest absolute Gasteiger partial charge is 0.394 e. The second kappa shape index (κ2) is 3.87. The molecule has 1 heterocycles. The molecule has 0 aliphatic carbocycles. The number of rotatable bonds is 1. The zero-order valence-electron chi connectivity index (χ0n) is 5.52. The fraction of sp³-hybridized carbons (Fsp3) is 1.00. The van der Waals surface area contributed by atoms with Crippen molar-refractivity contribution in [1.29, 1.82) is 0 Å². The molecular formula is C4H10O5S. The summed E-state index contributed by atoms with van der Waals surface area (Å²) in [6, 6.07) is 0. The first-order valence-corrected chi connectivity index (χ1v) is 4.43. The van der Waals surface area contributed by atoms with Crippen LogP contribution in [0, 0.1) is 0 Å². The van der Waals surface area contributed by atoms with Gasteiger partial charge in [-0.3, -0.25) is 4.55 Å². The van der Waals surface area contributed by atoms with Gasteiger partial charge in [-0.15, -0.1) is 0 Å². The number of hydrogen-bond donors (Lipinski definition) is 2. The number of hydrogen-bond acceptors (Lipinski definition) is 4. The third-order valence-electron chi connectivity index (χ3n) is 0.606. The van der Waals surface area contributed by atoms with Crippen molar-refractivity contribution in [3.05, 3.63) is 0 Å². The smallest absolute Gasteiger partial charge is 0.261 e. The summed E-state index contributed by atoms with van der Waals surface area (Å²) in [6.07, 6.45) is 0.905. The Morgan fingerprint density at radius 3 is 2.00 bits per heavy atom. The first kappa shape index (κ1) is 9.83. The molecule has 1 atom stereocenters. The van der Waals surface area contributed by atoms with Gasteiger partial charge in [0.25, 0.3) is 10.1 Å². The number of epoxide rings is 1. The minimum atomic E-state index is -3.67. The Morgan fingerprint density at radius 2 is 2.00 bits per heavy atom.